The summed E-state index contributed by atoms with van der Waals surface area (Å²) in [6, 6.07) is 3.24. The van der Waals surface area contributed by atoms with Crippen molar-refractivity contribution < 1.29 is 27.5 Å². The minimum absolute atomic E-state index is 0.0853. The zero-order chi connectivity index (χ0) is 17.8. The van der Waals surface area contributed by atoms with Crippen molar-refractivity contribution in [3.05, 3.63) is 30.1 Å². The highest BCUT2D eigenvalue weighted by Crippen LogP contribution is 2.18. The molecule has 0 spiro atoms. The van der Waals surface area contributed by atoms with Gasteiger partial charge in [0.1, 0.15) is 11.9 Å². The van der Waals surface area contributed by atoms with Gasteiger partial charge in [-0.05, 0) is 37.1 Å². The van der Waals surface area contributed by atoms with Crippen molar-refractivity contribution in [3.8, 4) is 0 Å². The molecule has 0 saturated carbocycles. The number of sulfone groups is 1. The van der Waals surface area contributed by atoms with E-state index in [-0.39, 0.29) is 17.2 Å². The molecule has 0 aliphatic heterocycles. The van der Waals surface area contributed by atoms with Crippen LogP contribution in [0.1, 0.15) is 27.2 Å². The van der Waals surface area contributed by atoms with Gasteiger partial charge in [-0.3, -0.25) is 4.79 Å². The first-order chi connectivity index (χ1) is 10.6. The zero-order valence-corrected chi connectivity index (χ0v) is 13.9. The molecule has 0 heterocycles. The van der Waals surface area contributed by atoms with Crippen LogP contribution in [-0.4, -0.2) is 36.7 Å². The van der Waals surface area contributed by atoms with Crippen LogP contribution in [0, 0.1) is 11.7 Å². The van der Waals surface area contributed by atoms with Crippen molar-refractivity contribution in [2.24, 2.45) is 5.92 Å². The molecule has 0 aromatic heterocycles. The number of carbonyl (C=O) groups excluding carboxylic acids is 1. The quantitative estimate of drug-likeness (QED) is 0.731. The van der Waals surface area contributed by atoms with Crippen molar-refractivity contribution in [1.82, 2.24) is 5.32 Å². The molecule has 128 valence electrons. The van der Waals surface area contributed by atoms with Gasteiger partial charge in [-0.25, -0.2) is 17.6 Å². The molecule has 0 saturated heterocycles. The summed E-state index contributed by atoms with van der Waals surface area (Å²) >= 11 is 0. The van der Waals surface area contributed by atoms with Gasteiger partial charge < -0.3 is 10.4 Å². The Kier molecular flexibility index (Phi) is 6.26. The first kappa shape index (κ1) is 19.1. The molecular formula is C15H20FNO5S. The number of amides is 1. The summed E-state index contributed by atoms with van der Waals surface area (Å²) in [5.74, 6) is -2.73. The van der Waals surface area contributed by atoms with Gasteiger partial charge in [0.15, 0.2) is 9.84 Å². The lowest BCUT2D eigenvalue weighted by molar-refractivity contribution is -0.143. The summed E-state index contributed by atoms with van der Waals surface area (Å²) in [6.07, 6.45) is -0.379. The van der Waals surface area contributed by atoms with Gasteiger partial charge in [-0.1, -0.05) is 13.8 Å². The van der Waals surface area contributed by atoms with E-state index in [1.165, 1.54) is 6.92 Å². The molecule has 23 heavy (non-hydrogen) atoms. The zero-order valence-electron chi connectivity index (χ0n) is 13.1. The molecule has 1 amide bonds. The smallest absolute Gasteiger partial charge is 0.326 e. The minimum Gasteiger partial charge on any atom is -0.480 e. The second kappa shape index (κ2) is 7.54. The molecule has 6 nitrogen and oxygen atoms in total. The van der Waals surface area contributed by atoms with Crippen LogP contribution >= 0.6 is 0 Å². The fourth-order valence-corrected chi connectivity index (χ4v) is 3.32. The largest absolute Gasteiger partial charge is 0.480 e. The van der Waals surface area contributed by atoms with E-state index < -0.39 is 38.8 Å². The predicted octanol–water partition coefficient (Wildman–Crippen LogP) is 1.60. The van der Waals surface area contributed by atoms with Gasteiger partial charge in [-0.2, -0.15) is 0 Å². The monoisotopic (exact) mass is 345 g/mol. The molecule has 0 aliphatic carbocycles. The highest BCUT2D eigenvalue weighted by molar-refractivity contribution is 7.92. The first-order valence-corrected chi connectivity index (χ1v) is 8.62. The number of nitrogens with one attached hydrogen (secondary N) is 1. The molecule has 1 unspecified atom stereocenters. The highest BCUT2D eigenvalue weighted by atomic mass is 32.2. The van der Waals surface area contributed by atoms with Crippen molar-refractivity contribution in [2.75, 3.05) is 0 Å². The molecule has 2 N–H and O–H groups in total. The van der Waals surface area contributed by atoms with E-state index in [9.17, 15) is 22.4 Å². The molecule has 0 aliphatic rings. The maximum Gasteiger partial charge on any atom is 0.326 e. The lowest BCUT2D eigenvalue weighted by atomic mass is 10.0. The molecule has 2 atom stereocenters. The van der Waals surface area contributed by atoms with Crippen LogP contribution in [0.2, 0.25) is 0 Å². The molecular weight excluding hydrogens is 325 g/mol. The summed E-state index contributed by atoms with van der Waals surface area (Å²) in [5.41, 5.74) is 0. The van der Waals surface area contributed by atoms with Gasteiger partial charge in [-0.15, -0.1) is 0 Å². The van der Waals surface area contributed by atoms with Gasteiger partial charge in [0.05, 0.1) is 10.1 Å². The maximum atomic E-state index is 12.9. The third-order valence-electron chi connectivity index (χ3n) is 3.39. The summed E-state index contributed by atoms with van der Waals surface area (Å²) < 4.78 is 37.5. The third kappa shape index (κ3) is 5.02. The summed E-state index contributed by atoms with van der Waals surface area (Å²) in [4.78, 5) is 22.9. The number of aliphatic carboxylic acids is 1. The van der Waals surface area contributed by atoms with E-state index in [1.807, 2.05) is 0 Å². The maximum absolute atomic E-state index is 12.9. The van der Waals surface area contributed by atoms with Crippen molar-refractivity contribution >= 4 is 21.7 Å². The van der Waals surface area contributed by atoms with Crippen LogP contribution < -0.4 is 5.32 Å². The minimum atomic E-state index is -3.80. The fourth-order valence-electron chi connectivity index (χ4n) is 1.97. The van der Waals surface area contributed by atoms with Crippen LogP contribution in [0.4, 0.5) is 4.39 Å². The van der Waals surface area contributed by atoms with Crippen molar-refractivity contribution in [3.63, 3.8) is 0 Å². The topological polar surface area (TPSA) is 101 Å². The van der Waals surface area contributed by atoms with E-state index in [0.29, 0.717) is 0 Å². The number of halogens is 1. The van der Waals surface area contributed by atoms with Crippen LogP contribution in [0.3, 0.4) is 0 Å². The number of hydrogen-bond acceptors (Lipinski definition) is 4. The second-order valence-electron chi connectivity index (χ2n) is 5.64. The van der Waals surface area contributed by atoms with E-state index in [1.54, 1.807) is 13.8 Å². The van der Waals surface area contributed by atoms with E-state index >= 15 is 0 Å². The van der Waals surface area contributed by atoms with Crippen molar-refractivity contribution in [1.29, 1.82) is 0 Å². The van der Waals surface area contributed by atoms with Crippen LogP contribution in [0.25, 0.3) is 0 Å². The van der Waals surface area contributed by atoms with Gasteiger partial charge >= 0.3 is 5.97 Å². The van der Waals surface area contributed by atoms with Crippen molar-refractivity contribution in [2.45, 2.75) is 43.4 Å². The van der Waals surface area contributed by atoms with Gasteiger partial charge in [0.2, 0.25) is 5.91 Å². The number of carbonyl (C=O) groups is 2. The number of hydrogen-bond donors (Lipinski definition) is 2. The highest BCUT2D eigenvalue weighted by Gasteiger charge is 2.28. The third-order valence-corrected chi connectivity index (χ3v) is 5.55. The van der Waals surface area contributed by atoms with E-state index in [0.717, 1.165) is 24.3 Å². The molecule has 0 radical (unpaired) electrons. The summed E-state index contributed by atoms with van der Waals surface area (Å²) in [5, 5.41) is 10.3. The molecule has 1 aromatic rings. The predicted molar refractivity (Wildman–Crippen MR) is 82.1 cm³/mol. The Morgan fingerprint density at radius 3 is 2.13 bits per heavy atom. The molecule has 1 aromatic carbocycles. The summed E-state index contributed by atoms with van der Waals surface area (Å²) in [6.45, 7) is 4.62. The van der Waals surface area contributed by atoms with Crippen LogP contribution in [0.5, 0.6) is 0 Å². The van der Waals surface area contributed by atoms with Crippen LogP contribution in [-0.2, 0) is 19.4 Å². The average Bonchev–Trinajstić information content (AvgIpc) is 2.44. The Morgan fingerprint density at radius 1 is 1.17 bits per heavy atom. The Bertz CT molecular complexity index is 670. The molecule has 0 fully saturated rings. The van der Waals surface area contributed by atoms with E-state index in [4.69, 9.17) is 5.11 Å². The average molecular weight is 345 g/mol. The molecule has 8 heteroatoms. The fraction of sp³-hybridized carbons (Fsp3) is 0.467. The van der Waals surface area contributed by atoms with Crippen LogP contribution in [0.15, 0.2) is 29.2 Å². The number of benzene rings is 1. The SMILES string of the molecule is CC(C)[C@@H](NC(=O)CC(C)S(=O)(=O)c1ccc(F)cc1)C(=O)O. The Morgan fingerprint density at radius 2 is 1.70 bits per heavy atom. The van der Waals surface area contributed by atoms with E-state index in [2.05, 4.69) is 5.32 Å². The standard InChI is InChI=1S/C15H20FNO5S/c1-9(2)14(15(19)20)17-13(18)8-10(3)23(21,22)12-6-4-11(16)5-7-12/h4-7,9-10,14H,8H2,1-3H3,(H,17,18)(H,19,20)/t10?,14-/m1/s1. The number of carboxylic acid groups (broad SMARTS) is 1. The lowest BCUT2D eigenvalue weighted by Gasteiger charge is -2.19. The molecule has 0 bridgehead atoms. The number of carboxylic acids is 1. The number of rotatable bonds is 7. The van der Waals surface area contributed by atoms with Gasteiger partial charge in [0, 0.05) is 6.42 Å². The Hall–Kier alpha value is -1.96. The Balaban J connectivity index is 2.81. The summed E-state index contributed by atoms with van der Waals surface area (Å²) in [7, 11) is -3.80. The normalized spacial score (nSPS) is 14.3. The Labute approximate surface area is 134 Å². The second-order valence-corrected chi connectivity index (χ2v) is 8.01. The lowest BCUT2D eigenvalue weighted by Crippen LogP contribution is -2.45. The van der Waals surface area contributed by atoms with Gasteiger partial charge in [0.25, 0.3) is 0 Å². The first-order valence-electron chi connectivity index (χ1n) is 7.07. The molecule has 1 rings (SSSR count).